The second-order valence-electron chi connectivity index (χ2n) is 9.16. The lowest BCUT2D eigenvalue weighted by molar-refractivity contribution is -0.137. The lowest BCUT2D eigenvalue weighted by atomic mass is 10.2. The maximum absolute atomic E-state index is 10.6. The van der Waals surface area contributed by atoms with Crippen LogP contribution < -0.4 is 14.4 Å². The van der Waals surface area contributed by atoms with Gasteiger partial charge in [-0.1, -0.05) is 29.3 Å². The van der Waals surface area contributed by atoms with Crippen molar-refractivity contribution >= 4 is 45.8 Å². The minimum Gasteiger partial charge on any atom is -0.494 e. The highest BCUT2D eigenvalue weighted by atomic mass is 35.5. The van der Waals surface area contributed by atoms with Gasteiger partial charge in [0.2, 0.25) is 5.88 Å². The van der Waals surface area contributed by atoms with Crippen molar-refractivity contribution < 1.29 is 19.4 Å². The SMILES string of the molecule is O=C(O)CCCCOc1ccc2ccc(OCCCCN3CCN(c4cccc(Cl)c4Cl)CC3)cc2n1. The number of hydrogen-bond donors (Lipinski definition) is 1. The van der Waals surface area contributed by atoms with Crippen LogP contribution in [-0.4, -0.2) is 66.9 Å². The van der Waals surface area contributed by atoms with Crippen molar-refractivity contribution in [1.29, 1.82) is 0 Å². The van der Waals surface area contributed by atoms with Gasteiger partial charge in [-0.05, 0) is 62.6 Å². The lowest BCUT2D eigenvalue weighted by Gasteiger charge is -2.36. The smallest absolute Gasteiger partial charge is 0.303 e. The molecule has 1 saturated heterocycles. The molecule has 0 unspecified atom stereocenters. The van der Waals surface area contributed by atoms with Gasteiger partial charge < -0.3 is 19.5 Å². The van der Waals surface area contributed by atoms with E-state index in [1.165, 1.54) is 0 Å². The average Bonchev–Trinajstić information content (AvgIpc) is 2.90. The van der Waals surface area contributed by atoms with Crippen molar-refractivity contribution in [2.75, 3.05) is 50.8 Å². The number of unbranched alkanes of at least 4 members (excludes halogenated alkanes) is 2. The van der Waals surface area contributed by atoms with E-state index in [1.54, 1.807) is 0 Å². The Bertz CT molecular complexity index is 1190. The standard InChI is InChI=1S/C28H33Cl2N3O4/c29-23-6-5-7-25(28(23)30)33-16-14-32(15-17-33)13-2-4-18-36-22-11-9-21-10-12-26(31-24(21)20-22)37-19-3-1-8-27(34)35/h5-7,9-12,20H,1-4,8,13-19H2,(H,34,35). The van der Waals surface area contributed by atoms with Crippen LogP contribution in [0.1, 0.15) is 32.1 Å². The van der Waals surface area contributed by atoms with Gasteiger partial charge in [0.15, 0.2) is 0 Å². The second-order valence-corrected chi connectivity index (χ2v) is 9.95. The molecule has 0 bridgehead atoms. The summed E-state index contributed by atoms with van der Waals surface area (Å²) < 4.78 is 11.7. The minimum absolute atomic E-state index is 0.158. The Morgan fingerprint density at radius 1 is 0.919 bits per heavy atom. The van der Waals surface area contributed by atoms with E-state index in [0.717, 1.165) is 67.9 Å². The maximum Gasteiger partial charge on any atom is 0.303 e. The number of carboxylic acid groups (broad SMARTS) is 1. The minimum atomic E-state index is -0.783. The molecule has 2 heterocycles. The zero-order valence-corrected chi connectivity index (χ0v) is 22.4. The molecule has 0 saturated carbocycles. The van der Waals surface area contributed by atoms with E-state index in [0.29, 0.717) is 42.0 Å². The van der Waals surface area contributed by atoms with E-state index < -0.39 is 5.97 Å². The van der Waals surface area contributed by atoms with Crippen molar-refractivity contribution in [2.24, 2.45) is 0 Å². The number of fused-ring (bicyclic) bond motifs is 1. The van der Waals surface area contributed by atoms with Crippen molar-refractivity contribution in [3.8, 4) is 11.6 Å². The summed E-state index contributed by atoms with van der Waals surface area (Å²) in [6.07, 6.45) is 3.48. The molecular weight excluding hydrogens is 513 g/mol. The van der Waals surface area contributed by atoms with Gasteiger partial charge in [-0.3, -0.25) is 9.69 Å². The van der Waals surface area contributed by atoms with Crippen LogP contribution in [0.25, 0.3) is 10.9 Å². The first-order valence-electron chi connectivity index (χ1n) is 12.8. The number of hydrogen-bond acceptors (Lipinski definition) is 6. The predicted octanol–water partition coefficient (Wildman–Crippen LogP) is 6.16. The van der Waals surface area contributed by atoms with Crippen LogP contribution in [0.2, 0.25) is 10.0 Å². The number of rotatable bonds is 13. The molecule has 0 atom stereocenters. The van der Waals surface area contributed by atoms with Crippen LogP contribution in [0, 0.1) is 0 Å². The van der Waals surface area contributed by atoms with E-state index in [2.05, 4.69) is 14.8 Å². The Kier molecular flexibility index (Phi) is 10.1. The van der Waals surface area contributed by atoms with Gasteiger partial charge in [0, 0.05) is 50.1 Å². The largest absolute Gasteiger partial charge is 0.494 e. The number of carboxylic acids is 1. The third-order valence-corrected chi connectivity index (χ3v) is 7.26. The van der Waals surface area contributed by atoms with Gasteiger partial charge in [-0.15, -0.1) is 0 Å². The summed E-state index contributed by atoms with van der Waals surface area (Å²) in [6, 6.07) is 15.5. The molecule has 0 spiro atoms. The molecule has 1 fully saturated rings. The monoisotopic (exact) mass is 545 g/mol. The number of piperazine rings is 1. The topological polar surface area (TPSA) is 75.1 Å². The van der Waals surface area contributed by atoms with Crippen LogP contribution >= 0.6 is 23.2 Å². The number of carbonyl (C=O) groups is 1. The van der Waals surface area contributed by atoms with E-state index in [1.807, 2.05) is 48.5 Å². The molecule has 198 valence electrons. The third kappa shape index (κ3) is 8.12. The van der Waals surface area contributed by atoms with E-state index >= 15 is 0 Å². The summed E-state index contributed by atoms with van der Waals surface area (Å²) in [5, 5.41) is 11.0. The van der Waals surface area contributed by atoms with Crippen LogP contribution in [0.5, 0.6) is 11.6 Å². The number of nitrogens with zero attached hydrogens (tertiary/aromatic N) is 3. The van der Waals surface area contributed by atoms with E-state index in [-0.39, 0.29) is 6.42 Å². The highest BCUT2D eigenvalue weighted by Gasteiger charge is 2.19. The molecule has 7 nitrogen and oxygen atoms in total. The van der Waals surface area contributed by atoms with Crippen molar-refractivity contribution in [2.45, 2.75) is 32.1 Å². The van der Waals surface area contributed by atoms with Gasteiger partial charge in [0.1, 0.15) is 5.75 Å². The number of anilines is 1. The molecule has 3 aromatic rings. The summed E-state index contributed by atoms with van der Waals surface area (Å²) >= 11 is 12.6. The zero-order chi connectivity index (χ0) is 26.0. The van der Waals surface area contributed by atoms with Gasteiger partial charge in [0.05, 0.1) is 34.5 Å². The van der Waals surface area contributed by atoms with Crippen LogP contribution in [0.4, 0.5) is 5.69 Å². The van der Waals surface area contributed by atoms with Crippen LogP contribution in [0.15, 0.2) is 48.5 Å². The summed E-state index contributed by atoms with van der Waals surface area (Å²) in [7, 11) is 0. The number of pyridine rings is 1. The number of ether oxygens (including phenoxy) is 2. The van der Waals surface area contributed by atoms with Gasteiger partial charge >= 0.3 is 5.97 Å². The third-order valence-electron chi connectivity index (χ3n) is 6.45. The van der Waals surface area contributed by atoms with Crippen molar-refractivity contribution in [1.82, 2.24) is 9.88 Å². The number of aromatic nitrogens is 1. The van der Waals surface area contributed by atoms with E-state index in [9.17, 15) is 4.79 Å². The van der Waals surface area contributed by atoms with Gasteiger partial charge in [0.25, 0.3) is 0 Å². The molecular formula is C28H33Cl2N3O4. The second kappa shape index (κ2) is 13.7. The zero-order valence-electron chi connectivity index (χ0n) is 20.9. The normalized spacial score (nSPS) is 14.2. The molecule has 37 heavy (non-hydrogen) atoms. The Labute approximate surface area is 227 Å². The first-order chi connectivity index (χ1) is 18.0. The van der Waals surface area contributed by atoms with E-state index in [4.69, 9.17) is 37.8 Å². The Morgan fingerprint density at radius 3 is 2.49 bits per heavy atom. The lowest BCUT2D eigenvalue weighted by Crippen LogP contribution is -2.46. The van der Waals surface area contributed by atoms with Gasteiger partial charge in [-0.2, -0.15) is 0 Å². The molecule has 0 radical (unpaired) electrons. The summed E-state index contributed by atoms with van der Waals surface area (Å²) in [5.74, 6) is 0.554. The quantitative estimate of drug-likeness (QED) is 0.258. The molecule has 1 aliphatic heterocycles. The van der Waals surface area contributed by atoms with Crippen LogP contribution in [-0.2, 0) is 4.79 Å². The molecule has 9 heteroatoms. The fourth-order valence-electron chi connectivity index (χ4n) is 4.38. The molecule has 4 rings (SSSR count). The fraction of sp³-hybridized carbons (Fsp3) is 0.429. The Hall–Kier alpha value is -2.74. The highest BCUT2D eigenvalue weighted by molar-refractivity contribution is 6.43. The fourth-order valence-corrected chi connectivity index (χ4v) is 4.80. The average molecular weight is 546 g/mol. The molecule has 1 aromatic heterocycles. The number of halogens is 2. The predicted molar refractivity (Wildman–Crippen MR) is 149 cm³/mol. The van der Waals surface area contributed by atoms with Crippen molar-refractivity contribution in [3.63, 3.8) is 0 Å². The Balaban J connectivity index is 1.15. The summed E-state index contributed by atoms with van der Waals surface area (Å²) in [6.45, 7) is 6.04. The highest BCUT2D eigenvalue weighted by Crippen LogP contribution is 2.33. The summed E-state index contributed by atoms with van der Waals surface area (Å²) in [4.78, 5) is 19.9. The maximum atomic E-state index is 10.6. The first-order valence-corrected chi connectivity index (χ1v) is 13.5. The summed E-state index contributed by atoms with van der Waals surface area (Å²) in [5.41, 5.74) is 1.83. The number of benzene rings is 2. The van der Waals surface area contributed by atoms with Crippen LogP contribution in [0.3, 0.4) is 0 Å². The first kappa shape index (κ1) is 27.3. The van der Waals surface area contributed by atoms with Gasteiger partial charge in [-0.25, -0.2) is 4.98 Å². The molecule has 2 aromatic carbocycles. The van der Waals surface area contributed by atoms with Crippen molar-refractivity contribution in [3.05, 3.63) is 58.6 Å². The molecule has 1 aliphatic rings. The molecule has 0 amide bonds. The Morgan fingerprint density at radius 2 is 1.68 bits per heavy atom. The number of aliphatic carboxylic acids is 1. The molecule has 1 N–H and O–H groups in total. The molecule has 0 aliphatic carbocycles.